The molecule has 1 atom stereocenters. The van der Waals surface area contributed by atoms with Crippen LogP contribution < -0.4 is 5.73 Å². The molecule has 0 saturated carbocycles. The van der Waals surface area contributed by atoms with Gasteiger partial charge in [-0.2, -0.15) is 0 Å². The van der Waals surface area contributed by atoms with Gasteiger partial charge < -0.3 is 15.2 Å². The minimum atomic E-state index is 0.429. The lowest BCUT2D eigenvalue weighted by Gasteiger charge is -2.32. The van der Waals surface area contributed by atoms with E-state index in [1.54, 1.807) is 0 Å². The molecule has 0 aromatic rings. The molecule has 1 rings (SSSR count). The minimum absolute atomic E-state index is 0.429. The first-order valence-corrected chi connectivity index (χ1v) is 5.98. The van der Waals surface area contributed by atoms with Gasteiger partial charge in [-0.1, -0.05) is 0 Å². The Hall–Kier alpha value is -0.160. The van der Waals surface area contributed by atoms with E-state index >= 15 is 0 Å². The fourth-order valence-electron chi connectivity index (χ4n) is 1.97. The smallest absolute Gasteiger partial charge is 0.0702 e. The number of ether oxygens (including phenoxy) is 2. The SMILES string of the molecule is CCOC1CCCN(CCOCCN)C1. The van der Waals surface area contributed by atoms with Crippen molar-refractivity contribution >= 4 is 0 Å². The van der Waals surface area contributed by atoms with Crippen LogP contribution in [0.2, 0.25) is 0 Å². The molecule has 1 fully saturated rings. The number of nitrogens with two attached hydrogens (primary N) is 1. The highest BCUT2D eigenvalue weighted by molar-refractivity contribution is 4.72. The van der Waals surface area contributed by atoms with E-state index in [-0.39, 0.29) is 0 Å². The van der Waals surface area contributed by atoms with Crippen LogP contribution in [0.15, 0.2) is 0 Å². The summed E-state index contributed by atoms with van der Waals surface area (Å²) in [6, 6.07) is 0. The van der Waals surface area contributed by atoms with Crippen molar-refractivity contribution in [1.29, 1.82) is 0 Å². The molecule has 90 valence electrons. The molecule has 1 unspecified atom stereocenters. The topological polar surface area (TPSA) is 47.7 Å². The van der Waals surface area contributed by atoms with Gasteiger partial charge in [-0.15, -0.1) is 0 Å². The summed E-state index contributed by atoms with van der Waals surface area (Å²) in [5, 5.41) is 0. The van der Waals surface area contributed by atoms with E-state index in [0.717, 1.165) is 26.3 Å². The summed E-state index contributed by atoms with van der Waals surface area (Å²) in [6.07, 6.45) is 2.87. The summed E-state index contributed by atoms with van der Waals surface area (Å²) in [6.45, 7) is 8.19. The number of likely N-dealkylation sites (tertiary alicyclic amines) is 1. The van der Waals surface area contributed by atoms with Crippen molar-refractivity contribution in [3.05, 3.63) is 0 Å². The summed E-state index contributed by atoms with van der Waals surface area (Å²) in [4.78, 5) is 2.42. The average molecular weight is 216 g/mol. The number of hydrogen-bond acceptors (Lipinski definition) is 4. The molecule has 0 aliphatic carbocycles. The van der Waals surface area contributed by atoms with Crippen LogP contribution in [0.3, 0.4) is 0 Å². The molecule has 1 saturated heterocycles. The van der Waals surface area contributed by atoms with Crippen molar-refractivity contribution in [3.63, 3.8) is 0 Å². The van der Waals surface area contributed by atoms with Gasteiger partial charge in [0.1, 0.15) is 0 Å². The van der Waals surface area contributed by atoms with E-state index in [1.165, 1.54) is 19.4 Å². The van der Waals surface area contributed by atoms with E-state index in [0.29, 0.717) is 19.3 Å². The number of hydrogen-bond donors (Lipinski definition) is 1. The lowest BCUT2D eigenvalue weighted by Crippen LogP contribution is -2.41. The highest BCUT2D eigenvalue weighted by atomic mass is 16.5. The first-order valence-electron chi connectivity index (χ1n) is 5.98. The zero-order valence-corrected chi connectivity index (χ0v) is 9.78. The molecule has 0 amide bonds. The van der Waals surface area contributed by atoms with E-state index in [1.807, 2.05) is 0 Å². The number of rotatable bonds is 7. The zero-order valence-electron chi connectivity index (χ0n) is 9.78. The number of nitrogens with zero attached hydrogens (tertiary/aromatic N) is 1. The Morgan fingerprint density at radius 3 is 3.00 bits per heavy atom. The highest BCUT2D eigenvalue weighted by Gasteiger charge is 2.19. The molecule has 0 aromatic heterocycles. The highest BCUT2D eigenvalue weighted by Crippen LogP contribution is 2.12. The van der Waals surface area contributed by atoms with Crippen molar-refractivity contribution in [1.82, 2.24) is 4.90 Å². The van der Waals surface area contributed by atoms with Crippen molar-refractivity contribution in [3.8, 4) is 0 Å². The van der Waals surface area contributed by atoms with Crippen LogP contribution >= 0.6 is 0 Å². The molecule has 0 radical (unpaired) electrons. The van der Waals surface area contributed by atoms with Gasteiger partial charge in [0.25, 0.3) is 0 Å². The van der Waals surface area contributed by atoms with Crippen molar-refractivity contribution in [2.75, 3.05) is 46.0 Å². The van der Waals surface area contributed by atoms with Crippen LogP contribution in [0.4, 0.5) is 0 Å². The quantitative estimate of drug-likeness (QED) is 0.628. The van der Waals surface area contributed by atoms with Crippen LogP contribution in [-0.4, -0.2) is 57.0 Å². The van der Waals surface area contributed by atoms with Gasteiger partial charge in [0.05, 0.1) is 19.3 Å². The van der Waals surface area contributed by atoms with Crippen molar-refractivity contribution < 1.29 is 9.47 Å². The summed E-state index contributed by atoms with van der Waals surface area (Å²) >= 11 is 0. The minimum Gasteiger partial charge on any atom is -0.379 e. The standard InChI is InChI=1S/C11H24N2O2/c1-2-15-11-4-3-6-13(10-11)7-9-14-8-5-12/h11H,2-10,12H2,1H3. The van der Waals surface area contributed by atoms with E-state index < -0.39 is 0 Å². The Morgan fingerprint density at radius 2 is 2.27 bits per heavy atom. The Bertz CT molecular complexity index is 154. The van der Waals surface area contributed by atoms with Crippen LogP contribution in [-0.2, 0) is 9.47 Å². The number of piperidine rings is 1. The molecule has 4 heteroatoms. The predicted molar refractivity (Wildman–Crippen MR) is 61.0 cm³/mol. The Balaban J connectivity index is 2.07. The monoisotopic (exact) mass is 216 g/mol. The largest absolute Gasteiger partial charge is 0.379 e. The van der Waals surface area contributed by atoms with E-state index in [9.17, 15) is 0 Å². The fraction of sp³-hybridized carbons (Fsp3) is 1.00. The van der Waals surface area contributed by atoms with Gasteiger partial charge in [0.2, 0.25) is 0 Å². The normalized spacial score (nSPS) is 23.2. The third kappa shape index (κ3) is 5.47. The lowest BCUT2D eigenvalue weighted by molar-refractivity contribution is -0.00237. The molecule has 1 heterocycles. The van der Waals surface area contributed by atoms with Gasteiger partial charge in [0.15, 0.2) is 0 Å². The first-order chi connectivity index (χ1) is 7.36. The second kappa shape index (κ2) is 8.05. The van der Waals surface area contributed by atoms with Crippen LogP contribution in [0.1, 0.15) is 19.8 Å². The summed E-state index contributed by atoms with van der Waals surface area (Å²) < 4.78 is 11.0. The summed E-state index contributed by atoms with van der Waals surface area (Å²) in [7, 11) is 0. The molecule has 1 aliphatic heterocycles. The van der Waals surface area contributed by atoms with Crippen LogP contribution in [0.25, 0.3) is 0 Å². The fourth-order valence-corrected chi connectivity index (χ4v) is 1.97. The lowest BCUT2D eigenvalue weighted by atomic mass is 10.1. The molecule has 0 aromatic carbocycles. The van der Waals surface area contributed by atoms with Crippen molar-refractivity contribution in [2.24, 2.45) is 5.73 Å². The molecule has 15 heavy (non-hydrogen) atoms. The Labute approximate surface area is 92.7 Å². The second-order valence-electron chi connectivity index (χ2n) is 3.92. The Morgan fingerprint density at radius 1 is 1.40 bits per heavy atom. The average Bonchev–Trinajstić information content (AvgIpc) is 2.26. The molecule has 1 aliphatic rings. The third-order valence-electron chi connectivity index (χ3n) is 2.68. The maximum Gasteiger partial charge on any atom is 0.0702 e. The summed E-state index contributed by atoms with van der Waals surface area (Å²) in [5.74, 6) is 0. The maximum atomic E-state index is 5.64. The van der Waals surface area contributed by atoms with Gasteiger partial charge in [-0.25, -0.2) is 0 Å². The van der Waals surface area contributed by atoms with Gasteiger partial charge in [0, 0.05) is 26.2 Å². The maximum absolute atomic E-state index is 5.64. The van der Waals surface area contributed by atoms with Crippen LogP contribution in [0, 0.1) is 0 Å². The van der Waals surface area contributed by atoms with Gasteiger partial charge in [-0.3, -0.25) is 4.90 Å². The van der Waals surface area contributed by atoms with E-state index in [2.05, 4.69) is 11.8 Å². The molecule has 2 N–H and O–H groups in total. The van der Waals surface area contributed by atoms with E-state index in [4.69, 9.17) is 15.2 Å². The molecular formula is C11H24N2O2. The molecular weight excluding hydrogens is 192 g/mol. The second-order valence-corrected chi connectivity index (χ2v) is 3.92. The molecule has 4 nitrogen and oxygen atoms in total. The van der Waals surface area contributed by atoms with Gasteiger partial charge in [-0.05, 0) is 26.3 Å². The van der Waals surface area contributed by atoms with Crippen molar-refractivity contribution in [2.45, 2.75) is 25.9 Å². The molecule has 0 spiro atoms. The zero-order chi connectivity index (χ0) is 10.9. The summed E-state index contributed by atoms with van der Waals surface area (Å²) in [5.41, 5.74) is 5.35. The molecule has 0 bridgehead atoms. The van der Waals surface area contributed by atoms with Crippen LogP contribution in [0.5, 0.6) is 0 Å². The Kier molecular flexibility index (Phi) is 6.92. The third-order valence-corrected chi connectivity index (χ3v) is 2.68. The predicted octanol–water partition coefficient (Wildman–Crippen LogP) is 0.463. The van der Waals surface area contributed by atoms with Gasteiger partial charge >= 0.3 is 0 Å². The first kappa shape index (κ1) is 12.9.